The van der Waals surface area contributed by atoms with Crippen LogP contribution >= 0.6 is 15.9 Å². The average molecular weight is 346 g/mol. The van der Waals surface area contributed by atoms with Gasteiger partial charge in [0.05, 0.1) is 4.90 Å². The van der Waals surface area contributed by atoms with E-state index in [0.717, 1.165) is 12.0 Å². The van der Waals surface area contributed by atoms with Gasteiger partial charge in [-0.1, -0.05) is 19.9 Å². The molecule has 1 aliphatic rings. The van der Waals surface area contributed by atoms with Crippen LogP contribution in [0.25, 0.3) is 0 Å². The van der Waals surface area contributed by atoms with E-state index >= 15 is 0 Å². The molecular formula is C14H20BrNO2S. The van der Waals surface area contributed by atoms with E-state index in [9.17, 15) is 8.42 Å². The molecule has 0 aromatic heterocycles. The number of rotatable bonds is 3. The molecule has 0 saturated carbocycles. The highest BCUT2D eigenvalue weighted by atomic mass is 79.9. The lowest BCUT2D eigenvalue weighted by Crippen LogP contribution is -2.29. The van der Waals surface area contributed by atoms with Gasteiger partial charge in [-0.15, -0.1) is 0 Å². The van der Waals surface area contributed by atoms with Gasteiger partial charge < -0.3 is 0 Å². The van der Waals surface area contributed by atoms with Crippen molar-refractivity contribution in [1.82, 2.24) is 4.31 Å². The number of hydrogen-bond acceptors (Lipinski definition) is 2. The Morgan fingerprint density at radius 3 is 2.58 bits per heavy atom. The average Bonchev–Trinajstić information content (AvgIpc) is 2.78. The summed E-state index contributed by atoms with van der Waals surface area (Å²) in [4.78, 5) is 0.377. The monoisotopic (exact) mass is 345 g/mol. The Kier molecular flexibility index (Phi) is 4.38. The van der Waals surface area contributed by atoms with Gasteiger partial charge in [0.15, 0.2) is 0 Å². The first-order chi connectivity index (χ1) is 8.82. The molecule has 3 nitrogen and oxygen atoms in total. The maximum Gasteiger partial charge on any atom is 0.244 e. The smallest absolute Gasteiger partial charge is 0.207 e. The van der Waals surface area contributed by atoms with Gasteiger partial charge in [0, 0.05) is 17.6 Å². The molecule has 19 heavy (non-hydrogen) atoms. The molecule has 1 aromatic rings. The Bertz CT molecular complexity index is 569. The third-order valence-corrected chi connectivity index (χ3v) is 6.68. The Morgan fingerprint density at radius 1 is 1.37 bits per heavy atom. The fourth-order valence-electron chi connectivity index (χ4n) is 2.47. The van der Waals surface area contributed by atoms with Crippen molar-refractivity contribution < 1.29 is 8.42 Å². The molecule has 1 aliphatic heterocycles. The van der Waals surface area contributed by atoms with E-state index < -0.39 is 10.0 Å². The van der Waals surface area contributed by atoms with Crippen molar-refractivity contribution in [3.8, 4) is 0 Å². The summed E-state index contributed by atoms with van der Waals surface area (Å²) in [6, 6.07) is 5.38. The summed E-state index contributed by atoms with van der Waals surface area (Å²) >= 11 is 3.37. The quantitative estimate of drug-likeness (QED) is 0.841. The van der Waals surface area contributed by atoms with E-state index in [2.05, 4.69) is 29.8 Å². The van der Waals surface area contributed by atoms with Crippen LogP contribution in [-0.4, -0.2) is 25.8 Å². The van der Waals surface area contributed by atoms with Gasteiger partial charge in [-0.25, -0.2) is 8.42 Å². The minimum atomic E-state index is -3.37. The summed E-state index contributed by atoms with van der Waals surface area (Å²) in [5.41, 5.74) is 1.05. The predicted octanol–water partition coefficient (Wildman–Crippen LogP) is 3.42. The lowest BCUT2D eigenvalue weighted by Gasteiger charge is -2.19. The molecule has 1 fully saturated rings. The molecule has 5 heteroatoms. The molecule has 1 heterocycles. The highest BCUT2D eigenvalue weighted by Gasteiger charge is 2.34. The first kappa shape index (κ1) is 15.0. The summed E-state index contributed by atoms with van der Waals surface area (Å²) in [5.74, 6) is 1.00. The van der Waals surface area contributed by atoms with Crippen LogP contribution in [0, 0.1) is 18.8 Å². The third kappa shape index (κ3) is 3.03. The predicted molar refractivity (Wildman–Crippen MR) is 80.6 cm³/mol. The van der Waals surface area contributed by atoms with Gasteiger partial charge >= 0.3 is 0 Å². The molecule has 1 unspecified atom stereocenters. The van der Waals surface area contributed by atoms with Crippen molar-refractivity contribution in [2.75, 3.05) is 13.1 Å². The zero-order valence-electron chi connectivity index (χ0n) is 11.6. The topological polar surface area (TPSA) is 37.4 Å². The molecule has 1 saturated heterocycles. The van der Waals surface area contributed by atoms with Crippen LogP contribution in [0.2, 0.25) is 0 Å². The molecule has 2 rings (SSSR count). The summed E-state index contributed by atoms with van der Waals surface area (Å²) in [7, 11) is -3.37. The second-order valence-corrected chi connectivity index (χ2v) is 8.35. The van der Waals surface area contributed by atoms with Crippen molar-refractivity contribution >= 4 is 26.0 Å². The molecule has 0 amide bonds. The van der Waals surface area contributed by atoms with Crippen LogP contribution in [0.15, 0.2) is 27.6 Å². The van der Waals surface area contributed by atoms with E-state index in [-0.39, 0.29) is 0 Å². The van der Waals surface area contributed by atoms with Crippen LogP contribution in [0.5, 0.6) is 0 Å². The number of sulfonamides is 1. The van der Waals surface area contributed by atoms with Crippen LogP contribution in [0.1, 0.15) is 25.8 Å². The van der Waals surface area contributed by atoms with E-state index in [1.54, 1.807) is 10.4 Å². The standard InChI is InChI=1S/C14H20BrNO2S/c1-10(2)12-6-7-16(9-12)19(17,18)14-5-4-11(3)8-13(14)15/h4-5,8,10,12H,6-7,9H2,1-3H3. The van der Waals surface area contributed by atoms with Gasteiger partial charge in [-0.3, -0.25) is 0 Å². The Balaban J connectivity index is 2.29. The number of benzene rings is 1. The SMILES string of the molecule is Cc1ccc(S(=O)(=O)N2CCC(C(C)C)C2)c(Br)c1. The van der Waals surface area contributed by atoms with Gasteiger partial charge in [-0.2, -0.15) is 4.31 Å². The van der Waals surface area contributed by atoms with Gasteiger partial charge in [0.2, 0.25) is 10.0 Å². The lowest BCUT2D eigenvalue weighted by atomic mass is 9.96. The highest BCUT2D eigenvalue weighted by Crippen LogP contribution is 2.31. The fraction of sp³-hybridized carbons (Fsp3) is 0.571. The normalized spacial score (nSPS) is 21.2. The summed E-state index contributed by atoms with van der Waals surface area (Å²) in [6.07, 6.45) is 0.959. The zero-order chi connectivity index (χ0) is 14.2. The van der Waals surface area contributed by atoms with Crippen molar-refractivity contribution in [2.45, 2.75) is 32.1 Å². The molecule has 0 aliphatic carbocycles. The Labute approximate surface area is 124 Å². The Morgan fingerprint density at radius 2 is 2.05 bits per heavy atom. The number of nitrogens with zero attached hydrogens (tertiary/aromatic N) is 1. The highest BCUT2D eigenvalue weighted by molar-refractivity contribution is 9.10. The minimum absolute atomic E-state index is 0.377. The first-order valence-corrected chi connectivity index (χ1v) is 8.82. The van der Waals surface area contributed by atoms with E-state index in [0.29, 0.717) is 34.3 Å². The van der Waals surface area contributed by atoms with E-state index in [4.69, 9.17) is 0 Å². The molecule has 1 atom stereocenters. The maximum atomic E-state index is 12.6. The molecule has 0 N–H and O–H groups in total. The summed E-state index contributed by atoms with van der Waals surface area (Å²) in [6.45, 7) is 7.53. The molecule has 106 valence electrons. The second kappa shape index (κ2) is 5.54. The third-order valence-electron chi connectivity index (χ3n) is 3.84. The first-order valence-electron chi connectivity index (χ1n) is 6.58. The Hall–Kier alpha value is -0.390. The zero-order valence-corrected chi connectivity index (χ0v) is 14.0. The van der Waals surface area contributed by atoms with Crippen LogP contribution < -0.4 is 0 Å². The molecule has 0 spiro atoms. The van der Waals surface area contributed by atoms with Gasteiger partial charge in [0.1, 0.15) is 0 Å². The summed E-state index contributed by atoms with van der Waals surface area (Å²) < 4.78 is 27.5. The largest absolute Gasteiger partial charge is 0.244 e. The molecule has 0 bridgehead atoms. The van der Waals surface area contributed by atoms with Crippen LogP contribution in [0.4, 0.5) is 0 Å². The second-order valence-electron chi connectivity index (χ2n) is 5.59. The van der Waals surface area contributed by atoms with E-state index in [1.807, 2.05) is 19.1 Å². The maximum absolute atomic E-state index is 12.6. The number of aryl methyl sites for hydroxylation is 1. The molecular weight excluding hydrogens is 326 g/mol. The van der Waals surface area contributed by atoms with Crippen LogP contribution in [-0.2, 0) is 10.0 Å². The van der Waals surface area contributed by atoms with Crippen molar-refractivity contribution in [3.63, 3.8) is 0 Å². The minimum Gasteiger partial charge on any atom is -0.207 e. The lowest BCUT2D eigenvalue weighted by molar-refractivity contribution is 0.388. The summed E-state index contributed by atoms with van der Waals surface area (Å²) in [5, 5.41) is 0. The van der Waals surface area contributed by atoms with Crippen molar-refractivity contribution in [3.05, 3.63) is 28.2 Å². The van der Waals surface area contributed by atoms with E-state index in [1.165, 1.54) is 0 Å². The fourth-order valence-corrected chi connectivity index (χ4v) is 5.13. The van der Waals surface area contributed by atoms with Gasteiger partial charge in [0.25, 0.3) is 0 Å². The number of halogens is 1. The van der Waals surface area contributed by atoms with Crippen LogP contribution in [0.3, 0.4) is 0 Å². The van der Waals surface area contributed by atoms with Crippen molar-refractivity contribution in [1.29, 1.82) is 0 Å². The van der Waals surface area contributed by atoms with Crippen molar-refractivity contribution in [2.24, 2.45) is 11.8 Å². The molecule has 1 aromatic carbocycles. The number of hydrogen-bond donors (Lipinski definition) is 0. The molecule has 0 radical (unpaired) electrons. The van der Waals surface area contributed by atoms with Gasteiger partial charge in [-0.05, 0) is 58.8 Å².